The lowest BCUT2D eigenvalue weighted by Crippen LogP contribution is -1.93. The Bertz CT molecular complexity index is 422. The van der Waals surface area contributed by atoms with Crippen LogP contribution in [0.5, 0.6) is 0 Å². The molecule has 3 nitrogen and oxygen atoms in total. The van der Waals surface area contributed by atoms with Gasteiger partial charge in [-0.05, 0) is 18.1 Å². The van der Waals surface area contributed by atoms with E-state index >= 15 is 0 Å². The van der Waals surface area contributed by atoms with E-state index in [4.69, 9.17) is 0 Å². The molecule has 2 heterocycles. The van der Waals surface area contributed by atoms with Crippen molar-refractivity contribution in [3.05, 3.63) is 24.4 Å². The van der Waals surface area contributed by atoms with E-state index in [0.717, 1.165) is 16.6 Å². The molecule has 0 unspecified atom stereocenters. The number of rotatable bonds is 3. The van der Waals surface area contributed by atoms with E-state index in [-0.39, 0.29) is 0 Å². The molecule has 0 aliphatic carbocycles. The molecular formula is C10H13N3S. The Balaban J connectivity index is 2.25. The Morgan fingerprint density at radius 2 is 2.21 bits per heavy atom. The van der Waals surface area contributed by atoms with Gasteiger partial charge in [0.1, 0.15) is 0 Å². The minimum absolute atomic E-state index is 0.677. The molecule has 0 bridgehead atoms. The average Bonchev–Trinajstić information content (AvgIpc) is 2.58. The van der Waals surface area contributed by atoms with Crippen LogP contribution in [0.1, 0.15) is 13.8 Å². The van der Waals surface area contributed by atoms with Crippen LogP contribution in [0.3, 0.4) is 0 Å². The van der Waals surface area contributed by atoms with Crippen LogP contribution in [-0.2, 0) is 0 Å². The first kappa shape index (κ1) is 9.52. The molecule has 0 aliphatic rings. The van der Waals surface area contributed by atoms with Gasteiger partial charge >= 0.3 is 0 Å². The molecule has 0 saturated carbocycles. The molecular weight excluding hydrogens is 194 g/mol. The minimum Gasteiger partial charge on any atom is -0.277 e. The summed E-state index contributed by atoms with van der Waals surface area (Å²) in [5, 5.41) is 9.21. The Hall–Kier alpha value is -1.03. The van der Waals surface area contributed by atoms with Crippen LogP contribution in [0.4, 0.5) is 0 Å². The molecule has 0 N–H and O–H groups in total. The monoisotopic (exact) mass is 207 g/mol. The predicted molar refractivity (Wildman–Crippen MR) is 58.5 cm³/mol. The molecule has 0 aromatic carbocycles. The summed E-state index contributed by atoms with van der Waals surface area (Å²) >= 11 is 1.75. The second kappa shape index (κ2) is 4.00. The maximum absolute atomic E-state index is 4.14. The third-order valence-electron chi connectivity index (χ3n) is 1.83. The van der Waals surface area contributed by atoms with Crippen molar-refractivity contribution >= 4 is 17.4 Å². The number of hydrogen-bond acceptors (Lipinski definition) is 3. The molecule has 4 heteroatoms. The van der Waals surface area contributed by atoms with Gasteiger partial charge in [0, 0.05) is 11.9 Å². The third-order valence-corrected chi connectivity index (χ3v) is 3.20. The van der Waals surface area contributed by atoms with Crippen LogP contribution in [0.15, 0.2) is 29.6 Å². The number of pyridine rings is 1. The van der Waals surface area contributed by atoms with Crippen molar-refractivity contribution in [2.75, 3.05) is 5.75 Å². The normalized spacial score (nSPS) is 11.4. The lowest BCUT2D eigenvalue weighted by molar-refractivity contribution is 0.747. The van der Waals surface area contributed by atoms with E-state index in [1.165, 1.54) is 0 Å². The lowest BCUT2D eigenvalue weighted by atomic mass is 10.3. The number of nitrogens with zero attached hydrogens (tertiary/aromatic N) is 3. The van der Waals surface area contributed by atoms with Crippen molar-refractivity contribution in [2.24, 2.45) is 5.92 Å². The van der Waals surface area contributed by atoms with Gasteiger partial charge in [0.2, 0.25) is 0 Å². The molecule has 0 radical (unpaired) electrons. The van der Waals surface area contributed by atoms with Crippen molar-refractivity contribution in [3.8, 4) is 0 Å². The first-order chi connectivity index (χ1) is 6.77. The zero-order chi connectivity index (χ0) is 9.97. The number of aromatic nitrogens is 3. The molecule has 0 amide bonds. The van der Waals surface area contributed by atoms with Gasteiger partial charge in [0.05, 0.1) is 0 Å². The van der Waals surface area contributed by atoms with Crippen molar-refractivity contribution in [3.63, 3.8) is 0 Å². The first-order valence-corrected chi connectivity index (χ1v) is 5.68. The summed E-state index contributed by atoms with van der Waals surface area (Å²) in [6, 6.07) is 5.93. The average molecular weight is 207 g/mol. The third kappa shape index (κ3) is 1.90. The summed E-state index contributed by atoms with van der Waals surface area (Å²) < 4.78 is 2.02. The van der Waals surface area contributed by atoms with E-state index in [1.807, 2.05) is 28.8 Å². The van der Waals surface area contributed by atoms with Crippen molar-refractivity contribution < 1.29 is 0 Å². The lowest BCUT2D eigenvalue weighted by Gasteiger charge is -2.01. The maximum Gasteiger partial charge on any atom is 0.195 e. The van der Waals surface area contributed by atoms with Crippen molar-refractivity contribution in [1.29, 1.82) is 0 Å². The Morgan fingerprint density at radius 3 is 3.00 bits per heavy atom. The maximum atomic E-state index is 4.14. The highest BCUT2D eigenvalue weighted by Crippen LogP contribution is 2.18. The summed E-state index contributed by atoms with van der Waals surface area (Å²) in [4.78, 5) is 0. The Labute approximate surface area is 87.5 Å². The summed E-state index contributed by atoms with van der Waals surface area (Å²) in [5.41, 5.74) is 0.916. The van der Waals surface area contributed by atoms with Gasteiger partial charge in [0.15, 0.2) is 10.8 Å². The van der Waals surface area contributed by atoms with Crippen LogP contribution in [0.2, 0.25) is 0 Å². The molecule has 0 atom stereocenters. The molecule has 2 aromatic rings. The molecule has 2 rings (SSSR count). The van der Waals surface area contributed by atoms with Crippen molar-refractivity contribution in [1.82, 2.24) is 14.6 Å². The number of hydrogen-bond donors (Lipinski definition) is 0. The standard InChI is InChI=1S/C10H13N3S/c1-8(2)7-14-10-12-11-9-5-3-4-6-13(9)10/h3-6,8H,7H2,1-2H3. The zero-order valence-electron chi connectivity index (χ0n) is 8.34. The zero-order valence-corrected chi connectivity index (χ0v) is 9.16. The highest BCUT2D eigenvalue weighted by Gasteiger charge is 2.05. The molecule has 2 aromatic heterocycles. The van der Waals surface area contributed by atoms with E-state index in [2.05, 4.69) is 24.0 Å². The van der Waals surface area contributed by atoms with Gasteiger partial charge in [-0.25, -0.2) is 0 Å². The smallest absolute Gasteiger partial charge is 0.195 e. The number of thioether (sulfide) groups is 1. The summed E-state index contributed by atoms with van der Waals surface area (Å²) in [7, 11) is 0. The SMILES string of the molecule is CC(C)CSc1nnc2ccccn12. The fourth-order valence-corrected chi connectivity index (χ4v) is 2.03. The van der Waals surface area contributed by atoms with E-state index < -0.39 is 0 Å². The van der Waals surface area contributed by atoms with Gasteiger partial charge in [-0.15, -0.1) is 10.2 Å². The van der Waals surface area contributed by atoms with Gasteiger partial charge in [-0.3, -0.25) is 4.40 Å². The van der Waals surface area contributed by atoms with E-state index in [0.29, 0.717) is 5.92 Å². The summed E-state index contributed by atoms with van der Waals surface area (Å²) in [5.74, 6) is 1.76. The van der Waals surface area contributed by atoms with Crippen LogP contribution in [0.25, 0.3) is 5.65 Å². The topological polar surface area (TPSA) is 30.2 Å². The predicted octanol–water partition coefficient (Wildman–Crippen LogP) is 2.48. The first-order valence-electron chi connectivity index (χ1n) is 4.70. The fourth-order valence-electron chi connectivity index (χ4n) is 1.16. The number of fused-ring (bicyclic) bond motifs is 1. The molecule has 0 fully saturated rings. The quantitative estimate of drug-likeness (QED) is 0.724. The Morgan fingerprint density at radius 1 is 1.36 bits per heavy atom. The molecule has 0 aliphatic heterocycles. The Kier molecular flexibility index (Phi) is 2.72. The van der Waals surface area contributed by atoms with E-state index in [1.54, 1.807) is 11.8 Å². The van der Waals surface area contributed by atoms with Gasteiger partial charge in [0.25, 0.3) is 0 Å². The second-order valence-corrected chi connectivity index (χ2v) is 4.60. The molecule has 0 spiro atoms. The molecule has 14 heavy (non-hydrogen) atoms. The van der Waals surface area contributed by atoms with Gasteiger partial charge in [-0.1, -0.05) is 31.7 Å². The van der Waals surface area contributed by atoms with Gasteiger partial charge < -0.3 is 0 Å². The summed E-state index contributed by atoms with van der Waals surface area (Å²) in [6.07, 6.45) is 2.00. The van der Waals surface area contributed by atoms with Gasteiger partial charge in [-0.2, -0.15) is 0 Å². The van der Waals surface area contributed by atoms with Crippen molar-refractivity contribution in [2.45, 2.75) is 19.0 Å². The fraction of sp³-hybridized carbons (Fsp3) is 0.400. The highest BCUT2D eigenvalue weighted by atomic mass is 32.2. The van der Waals surface area contributed by atoms with Crippen LogP contribution < -0.4 is 0 Å². The van der Waals surface area contributed by atoms with E-state index in [9.17, 15) is 0 Å². The van der Waals surface area contributed by atoms with Crippen LogP contribution >= 0.6 is 11.8 Å². The minimum atomic E-state index is 0.677. The largest absolute Gasteiger partial charge is 0.277 e. The second-order valence-electron chi connectivity index (χ2n) is 3.62. The van der Waals surface area contributed by atoms with Crippen LogP contribution in [0, 0.1) is 5.92 Å². The highest BCUT2D eigenvalue weighted by molar-refractivity contribution is 7.99. The molecule has 0 saturated heterocycles. The summed E-state index contributed by atoms with van der Waals surface area (Å²) in [6.45, 7) is 4.41. The molecule has 74 valence electrons. The van der Waals surface area contributed by atoms with Crippen LogP contribution in [-0.4, -0.2) is 20.4 Å².